The maximum atomic E-state index is 13.3. The third-order valence-corrected chi connectivity index (χ3v) is 7.67. The van der Waals surface area contributed by atoms with Crippen molar-refractivity contribution in [3.05, 3.63) is 95.7 Å². The van der Waals surface area contributed by atoms with Crippen LogP contribution in [-0.2, 0) is 22.6 Å². The summed E-state index contributed by atoms with van der Waals surface area (Å²) in [7, 11) is -3.77. The number of hydrogen-bond donors (Lipinski definition) is 2. The van der Waals surface area contributed by atoms with E-state index in [4.69, 9.17) is 0 Å². The largest absolute Gasteiger partial charge is 0.416 e. The number of amides is 2. The molecule has 0 radical (unpaired) electrons. The zero-order valence-corrected chi connectivity index (χ0v) is 20.2. The number of fused-ring (bicyclic) bond motifs is 1. The lowest BCUT2D eigenvalue weighted by Gasteiger charge is -2.11. The van der Waals surface area contributed by atoms with Crippen molar-refractivity contribution in [3.8, 4) is 0 Å². The summed E-state index contributed by atoms with van der Waals surface area (Å²) in [4.78, 5) is 12.4. The Bertz CT molecular complexity index is 1480. The van der Waals surface area contributed by atoms with E-state index in [1.54, 1.807) is 19.1 Å². The SMILES string of the molecule is Cc1c(S(=O)(=O)CCNC(=O)Nc2ccc(C(F)(F)F)cc2)c2ccccc2n1Cc1ccccc1. The van der Waals surface area contributed by atoms with Crippen LogP contribution in [0.2, 0.25) is 0 Å². The molecular formula is C26H24F3N3O3S. The maximum Gasteiger partial charge on any atom is 0.416 e. The van der Waals surface area contributed by atoms with Crippen LogP contribution in [-0.4, -0.2) is 31.3 Å². The van der Waals surface area contributed by atoms with Crippen LogP contribution in [0.25, 0.3) is 10.9 Å². The van der Waals surface area contributed by atoms with Crippen molar-refractivity contribution in [1.82, 2.24) is 9.88 Å². The first-order valence-corrected chi connectivity index (χ1v) is 12.8. The average molecular weight is 516 g/mol. The molecule has 0 fully saturated rings. The van der Waals surface area contributed by atoms with Gasteiger partial charge in [-0.25, -0.2) is 13.2 Å². The van der Waals surface area contributed by atoms with Crippen LogP contribution < -0.4 is 10.6 Å². The number of nitrogens with zero attached hydrogens (tertiary/aromatic N) is 1. The first-order valence-electron chi connectivity index (χ1n) is 11.1. The highest BCUT2D eigenvalue weighted by Gasteiger charge is 2.30. The van der Waals surface area contributed by atoms with Gasteiger partial charge in [-0.1, -0.05) is 48.5 Å². The summed E-state index contributed by atoms with van der Waals surface area (Å²) in [5.74, 6) is -0.340. The minimum Gasteiger partial charge on any atom is -0.339 e. The monoisotopic (exact) mass is 515 g/mol. The summed E-state index contributed by atoms with van der Waals surface area (Å²) >= 11 is 0. The fourth-order valence-corrected chi connectivity index (χ4v) is 5.72. The summed E-state index contributed by atoms with van der Waals surface area (Å²) < 4.78 is 66.6. The number of urea groups is 1. The molecule has 0 saturated carbocycles. The second kappa shape index (κ2) is 10.1. The number of nitrogens with one attached hydrogen (secondary N) is 2. The molecule has 1 aromatic heterocycles. The Kier molecular flexibility index (Phi) is 7.07. The van der Waals surface area contributed by atoms with Crippen LogP contribution >= 0.6 is 0 Å². The summed E-state index contributed by atoms with van der Waals surface area (Å²) in [6.45, 7) is 2.10. The summed E-state index contributed by atoms with van der Waals surface area (Å²) in [6.07, 6.45) is -4.47. The average Bonchev–Trinajstić information content (AvgIpc) is 3.11. The molecule has 1 heterocycles. The second-order valence-electron chi connectivity index (χ2n) is 8.28. The lowest BCUT2D eigenvalue weighted by atomic mass is 10.2. The van der Waals surface area contributed by atoms with E-state index in [9.17, 15) is 26.4 Å². The van der Waals surface area contributed by atoms with Gasteiger partial charge < -0.3 is 15.2 Å². The molecule has 0 aliphatic heterocycles. The Morgan fingerprint density at radius 1 is 0.917 bits per heavy atom. The number of sulfone groups is 1. The van der Waals surface area contributed by atoms with E-state index in [1.165, 1.54) is 0 Å². The van der Waals surface area contributed by atoms with Gasteiger partial charge in [0.05, 0.1) is 16.2 Å². The number of carbonyl (C=O) groups is 1. The zero-order chi connectivity index (χ0) is 25.9. The lowest BCUT2D eigenvalue weighted by Crippen LogP contribution is -2.33. The van der Waals surface area contributed by atoms with E-state index in [1.807, 2.05) is 47.0 Å². The summed E-state index contributed by atoms with van der Waals surface area (Å²) in [6, 6.07) is 20.2. The van der Waals surface area contributed by atoms with Gasteiger partial charge in [-0.15, -0.1) is 0 Å². The number of hydrogen-bond acceptors (Lipinski definition) is 3. The Balaban J connectivity index is 1.46. The molecule has 36 heavy (non-hydrogen) atoms. The molecule has 0 bridgehead atoms. The van der Waals surface area contributed by atoms with Crippen molar-refractivity contribution in [2.75, 3.05) is 17.6 Å². The molecule has 2 amide bonds. The quantitative estimate of drug-likeness (QED) is 0.336. The van der Waals surface area contributed by atoms with Crippen LogP contribution in [0.1, 0.15) is 16.8 Å². The predicted molar refractivity (Wildman–Crippen MR) is 133 cm³/mol. The van der Waals surface area contributed by atoms with Crippen molar-refractivity contribution in [2.45, 2.75) is 24.5 Å². The van der Waals surface area contributed by atoms with E-state index in [0.717, 1.165) is 35.3 Å². The van der Waals surface area contributed by atoms with Gasteiger partial charge in [0, 0.05) is 35.4 Å². The minimum absolute atomic E-state index is 0.156. The van der Waals surface area contributed by atoms with E-state index in [2.05, 4.69) is 10.6 Å². The Morgan fingerprint density at radius 3 is 2.22 bits per heavy atom. The lowest BCUT2D eigenvalue weighted by molar-refractivity contribution is -0.137. The molecular weight excluding hydrogens is 491 g/mol. The third-order valence-electron chi connectivity index (χ3n) is 5.79. The van der Waals surface area contributed by atoms with Gasteiger partial charge in [0.25, 0.3) is 0 Å². The highest BCUT2D eigenvalue weighted by atomic mass is 32.2. The number of anilines is 1. The molecule has 0 saturated heterocycles. The highest BCUT2D eigenvalue weighted by Crippen LogP contribution is 2.32. The number of benzene rings is 3. The van der Waals surface area contributed by atoms with Crippen LogP contribution in [0, 0.1) is 6.92 Å². The van der Waals surface area contributed by atoms with Crippen LogP contribution in [0.3, 0.4) is 0 Å². The van der Waals surface area contributed by atoms with Crippen molar-refractivity contribution in [3.63, 3.8) is 0 Å². The number of para-hydroxylation sites is 1. The topological polar surface area (TPSA) is 80.2 Å². The molecule has 4 rings (SSSR count). The van der Waals surface area contributed by atoms with Crippen LogP contribution in [0.15, 0.2) is 83.8 Å². The highest BCUT2D eigenvalue weighted by molar-refractivity contribution is 7.91. The Morgan fingerprint density at radius 2 is 1.56 bits per heavy atom. The molecule has 0 aliphatic rings. The second-order valence-corrected chi connectivity index (χ2v) is 10.3. The van der Waals surface area contributed by atoms with Crippen molar-refractivity contribution < 1.29 is 26.4 Å². The molecule has 0 unspecified atom stereocenters. The minimum atomic E-state index is -4.47. The van der Waals surface area contributed by atoms with Crippen molar-refractivity contribution in [2.24, 2.45) is 0 Å². The third kappa shape index (κ3) is 5.54. The van der Waals surface area contributed by atoms with Crippen molar-refractivity contribution in [1.29, 1.82) is 0 Å². The van der Waals surface area contributed by atoms with Gasteiger partial charge in [0.2, 0.25) is 0 Å². The van der Waals surface area contributed by atoms with E-state index in [-0.39, 0.29) is 22.9 Å². The molecule has 4 aromatic rings. The van der Waals surface area contributed by atoms with Gasteiger partial charge in [-0.3, -0.25) is 0 Å². The maximum absolute atomic E-state index is 13.3. The molecule has 188 valence electrons. The standard InChI is InChI=1S/C26H24F3N3O3S/c1-18-24(22-9-5-6-10-23(22)32(18)17-19-7-3-2-4-8-19)36(34,35)16-15-30-25(33)31-21-13-11-20(12-14-21)26(27,28)29/h2-14H,15-17H2,1H3,(H2,30,31,33). The number of aromatic nitrogens is 1. The molecule has 0 spiro atoms. The van der Waals surface area contributed by atoms with Gasteiger partial charge in [-0.05, 0) is 42.8 Å². The summed E-state index contributed by atoms with van der Waals surface area (Å²) in [5.41, 5.74) is 1.76. The fourth-order valence-electron chi connectivity index (χ4n) is 4.08. The number of halogens is 3. The van der Waals surface area contributed by atoms with E-state index in [0.29, 0.717) is 17.6 Å². The van der Waals surface area contributed by atoms with Crippen LogP contribution in [0.4, 0.5) is 23.7 Å². The molecule has 0 aliphatic carbocycles. The Labute approximate surface area is 206 Å². The van der Waals surface area contributed by atoms with Gasteiger partial charge >= 0.3 is 12.2 Å². The molecule has 2 N–H and O–H groups in total. The van der Waals surface area contributed by atoms with Gasteiger partial charge in [0.15, 0.2) is 9.84 Å². The van der Waals surface area contributed by atoms with Gasteiger partial charge in [-0.2, -0.15) is 13.2 Å². The molecule has 10 heteroatoms. The van der Waals surface area contributed by atoms with Crippen molar-refractivity contribution >= 4 is 32.5 Å². The predicted octanol–water partition coefficient (Wildman–Crippen LogP) is 5.61. The number of rotatable bonds is 7. The van der Waals surface area contributed by atoms with Gasteiger partial charge in [0.1, 0.15) is 0 Å². The first kappa shape index (κ1) is 25.3. The molecule has 0 atom stereocenters. The Hall–Kier alpha value is -3.79. The fraction of sp³-hybridized carbons (Fsp3) is 0.192. The first-order chi connectivity index (χ1) is 17.1. The molecule has 3 aromatic carbocycles. The van der Waals surface area contributed by atoms with E-state index >= 15 is 0 Å². The normalized spacial score (nSPS) is 12.0. The zero-order valence-electron chi connectivity index (χ0n) is 19.3. The molecule has 6 nitrogen and oxygen atoms in total. The number of carbonyl (C=O) groups excluding carboxylic acids is 1. The number of alkyl halides is 3. The summed E-state index contributed by atoms with van der Waals surface area (Å²) in [5, 5.41) is 5.47. The van der Waals surface area contributed by atoms with E-state index < -0.39 is 27.6 Å². The smallest absolute Gasteiger partial charge is 0.339 e. The van der Waals surface area contributed by atoms with Crippen LogP contribution in [0.5, 0.6) is 0 Å².